The minimum Gasteiger partial charge on any atom is -0.466 e. The van der Waals surface area contributed by atoms with E-state index in [4.69, 9.17) is 4.74 Å². The van der Waals surface area contributed by atoms with Gasteiger partial charge >= 0.3 is 5.97 Å². The van der Waals surface area contributed by atoms with E-state index < -0.39 is 0 Å². The Labute approximate surface area is 96.8 Å². The van der Waals surface area contributed by atoms with Crippen LogP contribution in [0.25, 0.3) is 0 Å². The van der Waals surface area contributed by atoms with E-state index >= 15 is 0 Å². The van der Waals surface area contributed by atoms with Crippen molar-refractivity contribution in [2.24, 2.45) is 5.92 Å². The molecule has 1 unspecified atom stereocenters. The van der Waals surface area contributed by atoms with Crippen molar-refractivity contribution in [1.82, 2.24) is 4.98 Å². The van der Waals surface area contributed by atoms with Gasteiger partial charge in [0.25, 0.3) is 0 Å². The molecule has 1 aromatic rings. The van der Waals surface area contributed by atoms with E-state index in [1.807, 2.05) is 26.1 Å². The van der Waals surface area contributed by atoms with Gasteiger partial charge in [0, 0.05) is 12.4 Å². The van der Waals surface area contributed by atoms with Crippen molar-refractivity contribution in [3.63, 3.8) is 0 Å². The second kappa shape index (κ2) is 6.99. The minimum absolute atomic E-state index is 0.00313. The summed E-state index contributed by atoms with van der Waals surface area (Å²) in [6.07, 6.45) is 6.47. The molecule has 0 aliphatic rings. The Morgan fingerprint density at radius 3 is 3.00 bits per heavy atom. The zero-order chi connectivity index (χ0) is 11.8. The second-order valence-corrected chi connectivity index (χ2v) is 3.91. The summed E-state index contributed by atoms with van der Waals surface area (Å²) >= 11 is 0. The lowest BCUT2D eigenvalue weighted by molar-refractivity contribution is -0.147. The highest BCUT2D eigenvalue weighted by atomic mass is 16.5. The number of rotatable bonds is 6. The van der Waals surface area contributed by atoms with Gasteiger partial charge in [-0.25, -0.2) is 0 Å². The SMILES string of the molecule is CCOC(=O)C(C)CCCc1cccnc1. The minimum atomic E-state index is -0.0892. The number of pyridine rings is 1. The van der Waals surface area contributed by atoms with E-state index in [-0.39, 0.29) is 11.9 Å². The number of ether oxygens (including phenoxy) is 1. The highest BCUT2D eigenvalue weighted by Gasteiger charge is 2.12. The van der Waals surface area contributed by atoms with Gasteiger partial charge in [0.15, 0.2) is 0 Å². The number of nitrogens with zero attached hydrogens (tertiary/aromatic N) is 1. The molecule has 0 bridgehead atoms. The van der Waals surface area contributed by atoms with Crippen molar-refractivity contribution in [2.45, 2.75) is 33.1 Å². The smallest absolute Gasteiger partial charge is 0.308 e. The van der Waals surface area contributed by atoms with Crippen molar-refractivity contribution >= 4 is 5.97 Å². The maximum Gasteiger partial charge on any atom is 0.308 e. The predicted octanol–water partition coefficient (Wildman–Crippen LogP) is 2.60. The van der Waals surface area contributed by atoms with Gasteiger partial charge in [0.05, 0.1) is 12.5 Å². The summed E-state index contributed by atoms with van der Waals surface area (Å²) in [6, 6.07) is 3.99. The van der Waals surface area contributed by atoms with Crippen molar-refractivity contribution in [1.29, 1.82) is 0 Å². The second-order valence-electron chi connectivity index (χ2n) is 3.91. The number of carbonyl (C=O) groups is 1. The van der Waals surface area contributed by atoms with E-state index in [1.54, 1.807) is 6.20 Å². The molecule has 0 aliphatic carbocycles. The summed E-state index contributed by atoms with van der Waals surface area (Å²) in [5.74, 6) is -0.0923. The third kappa shape index (κ3) is 4.43. The molecule has 16 heavy (non-hydrogen) atoms. The van der Waals surface area contributed by atoms with Crippen molar-refractivity contribution in [2.75, 3.05) is 6.61 Å². The van der Waals surface area contributed by atoms with Crippen LogP contribution in [0.1, 0.15) is 32.3 Å². The molecule has 0 saturated heterocycles. The third-order valence-electron chi connectivity index (χ3n) is 2.51. The van der Waals surface area contributed by atoms with Crippen LogP contribution in [0, 0.1) is 5.92 Å². The van der Waals surface area contributed by atoms with E-state index in [1.165, 1.54) is 5.56 Å². The Balaban J connectivity index is 2.23. The lowest BCUT2D eigenvalue weighted by Gasteiger charge is -2.09. The molecule has 0 aliphatic heterocycles. The molecule has 0 aromatic carbocycles. The Morgan fingerprint density at radius 2 is 2.38 bits per heavy atom. The average Bonchev–Trinajstić information content (AvgIpc) is 2.30. The van der Waals surface area contributed by atoms with Gasteiger partial charge in [-0.1, -0.05) is 13.0 Å². The molecule has 1 aromatic heterocycles. The molecule has 3 nitrogen and oxygen atoms in total. The van der Waals surface area contributed by atoms with Crippen LogP contribution in [-0.2, 0) is 16.0 Å². The fourth-order valence-corrected chi connectivity index (χ4v) is 1.56. The van der Waals surface area contributed by atoms with Crippen LogP contribution in [0.5, 0.6) is 0 Å². The standard InChI is InChI=1S/C13H19NO2/c1-3-16-13(15)11(2)6-4-7-12-8-5-9-14-10-12/h5,8-11H,3-4,6-7H2,1-2H3. The largest absolute Gasteiger partial charge is 0.466 e. The average molecular weight is 221 g/mol. The summed E-state index contributed by atoms with van der Waals surface area (Å²) in [7, 11) is 0. The number of aromatic nitrogens is 1. The normalized spacial score (nSPS) is 12.1. The molecule has 0 amide bonds. The van der Waals surface area contributed by atoms with E-state index in [0.29, 0.717) is 6.61 Å². The zero-order valence-electron chi connectivity index (χ0n) is 9.98. The molecule has 0 radical (unpaired) electrons. The van der Waals surface area contributed by atoms with Gasteiger partial charge in [-0.15, -0.1) is 0 Å². The van der Waals surface area contributed by atoms with Crippen LogP contribution in [0.2, 0.25) is 0 Å². The Hall–Kier alpha value is -1.38. The lowest BCUT2D eigenvalue weighted by atomic mass is 10.0. The number of carbonyl (C=O) groups excluding carboxylic acids is 1. The van der Waals surface area contributed by atoms with Gasteiger partial charge in [0.1, 0.15) is 0 Å². The molecule has 3 heteroatoms. The van der Waals surface area contributed by atoms with Gasteiger partial charge in [0.2, 0.25) is 0 Å². The number of aryl methyl sites for hydroxylation is 1. The summed E-state index contributed by atoms with van der Waals surface area (Å²) in [4.78, 5) is 15.4. The van der Waals surface area contributed by atoms with Crippen LogP contribution in [0.4, 0.5) is 0 Å². The maximum absolute atomic E-state index is 11.4. The first-order valence-corrected chi connectivity index (χ1v) is 5.79. The van der Waals surface area contributed by atoms with Crippen LogP contribution >= 0.6 is 0 Å². The summed E-state index contributed by atoms with van der Waals surface area (Å²) in [6.45, 7) is 4.22. The third-order valence-corrected chi connectivity index (χ3v) is 2.51. The molecule has 0 fully saturated rings. The highest BCUT2D eigenvalue weighted by Crippen LogP contribution is 2.11. The highest BCUT2D eigenvalue weighted by molar-refractivity contribution is 5.71. The van der Waals surface area contributed by atoms with E-state index in [0.717, 1.165) is 19.3 Å². The van der Waals surface area contributed by atoms with Gasteiger partial charge in [-0.3, -0.25) is 9.78 Å². The van der Waals surface area contributed by atoms with Gasteiger partial charge in [-0.2, -0.15) is 0 Å². The molecule has 0 spiro atoms. The Morgan fingerprint density at radius 1 is 1.56 bits per heavy atom. The van der Waals surface area contributed by atoms with Gasteiger partial charge in [-0.05, 0) is 37.8 Å². The monoisotopic (exact) mass is 221 g/mol. The van der Waals surface area contributed by atoms with E-state index in [2.05, 4.69) is 11.1 Å². The maximum atomic E-state index is 11.4. The number of esters is 1. The molecule has 0 N–H and O–H groups in total. The predicted molar refractivity (Wildman–Crippen MR) is 63.0 cm³/mol. The topological polar surface area (TPSA) is 39.2 Å². The van der Waals surface area contributed by atoms with Gasteiger partial charge < -0.3 is 4.74 Å². The van der Waals surface area contributed by atoms with E-state index in [9.17, 15) is 4.79 Å². The Kier molecular flexibility index (Phi) is 5.54. The van der Waals surface area contributed by atoms with Crippen molar-refractivity contribution in [3.05, 3.63) is 30.1 Å². The molecular formula is C13H19NO2. The summed E-state index contributed by atoms with van der Waals surface area (Å²) in [5, 5.41) is 0. The van der Waals surface area contributed by atoms with Crippen LogP contribution in [0.15, 0.2) is 24.5 Å². The first-order chi connectivity index (χ1) is 7.74. The van der Waals surface area contributed by atoms with Crippen molar-refractivity contribution < 1.29 is 9.53 Å². The first kappa shape index (κ1) is 12.7. The molecule has 1 rings (SSSR count). The lowest BCUT2D eigenvalue weighted by Crippen LogP contribution is -2.14. The number of hydrogen-bond acceptors (Lipinski definition) is 3. The number of hydrogen-bond donors (Lipinski definition) is 0. The molecule has 1 atom stereocenters. The van der Waals surface area contributed by atoms with Crippen molar-refractivity contribution in [3.8, 4) is 0 Å². The molecule has 88 valence electrons. The Bertz CT molecular complexity index is 311. The molecular weight excluding hydrogens is 202 g/mol. The fourth-order valence-electron chi connectivity index (χ4n) is 1.56. The van der Waals surface area contributed by atoms with Crippen LogP contribution in [-0.4, -0.2) is 17.6 Å². The summed E-state index contributed by atoms with van der Waals surface area (Å²) in [5.41, 5.74) is 1.22. The summed E-state index contributed by atoms with van der Waals surface area (Å²) < 4.78 is 4.96. The molecule has 0 saturated carbocycles. The molecule has 1 heterocycles. The van der Waals surface area contributed by atoms with Crippen LogP contribution in [0.3, 0.4) is 0 Å². The van der Waals surface area contributed by atoms with Crippen LogP contribution < -0.4 is 0 Å². The fraction of sp³-hybridized carbons (Fsp3) is 0.538. The quantitative estimate of drug-likeness (QED) is 0.693. The first-order valence-electron chi connectivity index (χ1n) is 5.79. The zero-order valence-corrected chi connectivity index (χ0v) is 9.98.